The molecule has 1 fully saturated rings. The largest absolute Gasteiger partial charge is 0.337 e. The molecule has 0 atom stereocenters. The second kappa shape index (κ2) is 7.09. The summed E-state index contributed by atoms with van der Waals surface area (Å²) in [5.74, 6) is 1.15. The second-order valence-electron chi connectivity index (χ2n) is 7.65. The van der Waals surface area contributed by atoms with E-state index in [1.165, 1.54) is 0 Å². The third-order valence-corrected chi connectivity index (χ3v) is 5.08. The van der Waals surface area contributed by atoms with Crippen LogP contribution in [0.5, 0.6) is 0 Å². The standard InChI is InChI=1S/C19H25N7O/c1-13(2)11-15-12-26(23-22-15)16-5-9-24(10-6-16)18(27)17-14(3)21-19-20-7-4-8-25(17)19/h4,7-8,12-13,16H,5-6,9-11H2,1-3H3. The molecule has 1 aliphatic rings. The molecule has 4 rings (SSSR count). The minimum absolute atomic E-state index is 0.0190. The first-order chi connectivity index (χ1) is 13.0. The predicted molar refractivity (Wildman–Crippen MR) is 100 cm³/mol. The van der Waals surface area contributed by atoms with Crippen LogP contribution in [0.4, 0.5) is 0 Å². The number of nitrogens with zero attached hydrogens (tertiary/aromatic N) is 7. The van der Waals surface area contributed by atoms with E-state index in [2.05, 4.69) is 40.3 Å². The Hall–Kier alpha value is -2.77. The molecular formula is C19H25N7O. The van der Waals surface area contributed by atoms with Crippen molar-refractivity contribution >= 4 is 11.7 Å². The van der Waals surface area contributed by atoms with Crippen LogP contribution in [-0.4, -0.2) is 53.3 Å². The van der Waals surface area contributed by atoms with Gasteiger partial charge in [0.1, 0.15) is 5.69 Å². The van der Waals surface area contributed by atoms with E-state index < -0.39 is 0 Å². The molecule has 1 aliphatic heterocycles. The molecule has 0 radical (unpaired) electrons. The Morgan fingerprint density at radius 2 is 2.07 bits per heavy atom. The smallest absolute Gasteiger partial charge is 0.272 e. The molecule has 0 spiro atoms. The van der Waals surface area contributed by atoms with E-state index in [9.17, 15) is 4.79 Å². The van der Waals surface area contributed by atoms with Gasteiger partial charge >= 0.3 is 0 Å². The van der Waals surface area contributed by atoms with Crippen LogP contribution in [0, 0.1) is 12.8 Å². The normalized spacial score (nSPS) is 15.8. The van der Waals surface area contributed by atoms with Crippen molar-refractivity contribution in [3.63, 3.8) is 0 Å². The molecular weight excluding hydrogens is 342 g/mol. The van der Waals surface area contributed by atoms with Crippen LogP contribution in [0.1, 0.15) is 54.6 Å². The second-order valence-corrected chi connectivity index (χ2v) is 7.65. The van der Waals surface area contributed by atoms with Crippen molar-refractivity contribution < 1.29 is 4.79 Å². The number of aromatic nitrogens is 6. The fourth-order valence-corrected chi connectivity index (χ4v) is 3.74. The van der Waals surface area contributed by atoms with Gasteiger partial charge in [-0.1, -0.05) is 19.1 Å². The van der Waals surface area contributed by atoms with Crippen LogP contribution in [0.3, 0.4) is 0 Å². The lowest BCUT2D eigenvalue weighted by molar-refractivity contribution is 0.0681. The van der Waals surface area contributed by atoms with E-state index in [1.807, 2.05) is 28.8 Å². The Labute approximate surface area is 158 Å². The summed E-state index contributed by atoms with van der Waals surface area (Å²) in [5, 5.41) is 8.59. The van der Waals surface area contributed by atoms with Crippen molar-refractivity contribution in [1.82, 2.24) is 34.3 Å². The van der Waals surface area contributed by atoms with Gasteiger partial charge in [-0.15, -0.1) is 5.10 Å². The third kappa shape index (κ3) is 3.43. The molecule has 0 bridgehead atoms. The lowest BCUT2D eigenvalue weighted by atomic mass is 10.0. The van der Waals surface area contributed by atoms with Crippen molar-refractivity contribution in [3.05, 3.63) is 41.7 Å². The van der Waals surface area contributed by atoms with Gasteiger partial charge in [0.2, 0.25) is 5.78 Å². The van der Waals surface area contributed by atoms with E-state index >= 15 is 0 Å². The quantitative estimate of drug-likeness (QED) is 0.707. The first-order valence-corrected chi connectivity index (χ1v) is 9.52. The average Bonchev–Trinajstić information content (AvgIpc) is 3.24. The molecule has 1 amide bonds. The van der Waals surface area contributed by atoms with Gasteiger partial charge < -0.3 is 4.90 Å². The summed E-state index contributed by atoms with van der Waals surface area (Å²) >= 11 is 0. The summed E-state index contributed by atoms with van der Waals surface area (Å²) < 4.78 is 3.75. The Balaban J connectivity index is 1.45. The zero-order valence-electron chi connectivity index (χ0n) is 16.0. The van der Waals surface area contributed by atoms with Crippen LogP contribution < -0.4 is 0 Å². The Bertz CT molecular complexity index is 950. The van der Waals surface area contributed by atoms with Gasteiger partial charge in [-0.2, -0.15) is 0 Å². The molecule has 3 aromatic rings. The number of amides is 1. The first-order valence-electron chi connectivity index (χ1n) is 9.52. The molecule has 8 nitrogen and oxygen atoms in total. The minimum Gasteiger partial charge on any atom is -0.337 e. The monoisotopic (exact) mass is 367 g/mol. The van der Waals surface area contributed by atoms with Crippen LogP contribution in [-0.2, 0) is 6.42 Å². The maximum absolute atomic E-state index is 13.1. The summed E-state index contributed by atoms with van der Waals surface area (Å²) in [4.78, 5) is 23.6. The van der Waals surface area contributed by atoms with Gasteiger partial charge in [0.15, 0.2) is 0 Å². The fraction of sp³-hybridized carbons (Fsp3) is 0.526. The molecule has 0 N–H and O–H groups in total. The molecule has 0 saturated carbocycles. The Kier molecular flexibility index (Phi) is 4.63. The molecule has 0 aromatic carbocycles. The van der Waals surface area contributed by atoms with Crippen LogP contribution in [0.2, 0.25) is 0 Å². The van der Waals surface area contributed by atoms with Gasteiger partial charge in [0.05, 0.1) is 17.4 Å². The zero-order valence-corrected chi connectivity index (χ0v) is 16.0. The number of fused-ring (bicyclic) bond motifs is 1. The number of hydrogen-bond donors (Lipinski definition) is 0. The predicted octanol–water partition coefficient (Wildman–Crippen LogP) is 2.31. The number of rotatable bonds is 4. The highest BCUT2D eigenvalue weighted by atomic mass is 16.2. The molecule has 0 aliphatic carbocycles. The summed E-state index contributed by atoms with van der Waals surface area (Å²) in [7, 11) is 0. The topological polar surface area (TPSA) is 81.2 Å². The highest BCUT2D eigenvalue weighted by Crippen LogP contribution is 2.24. The summed E-state index contributed by atoms with van der Waals surface area (Å²) in [6.45, 7) is 7.63. The van der Waals surface area contributed by atoms with Gasteiger partial charge in [0.25, 0.3) is 5.91 Å². The van der Waals surface area contributed by atoms with Gasteiger partial charge in [-0.25, -0.2) is 14.6 Å². The van der Waals surface area contributed by atoms with Crippen LogP contribution in [0.25, 0.3) is 5.78 Å². The number of carbonyl (C=O) groups is 1. The van der Waals surface area contributed by atoms with E-state index in [0.29, 0.717) is 36.5 Å². The lowest BCUT2D eigenvalue weighted by Gasteiger charge is -2.31. The molecule has 0 unspecified atom stereocenters. The summed E-state index contributed by atoms with van der Waals surface area (Å²) in [6, 6.07) is 2.11. The summed E-state index contributed by atoms with van der Waals surface area (Å²) in [6.07, 6.45) is 8.29. The van der Waals surface area contributed by atoms with Crippen molar-refractivity contribution in [2.24, 2.45) is 5.92 Å². The minimum atomic E-state index is 0.0190. The van der Waals surface area contributed by atoms with Gasteiger partial charge in [-0.05, 0) is 38.2 Å². The lowest BCUT2D eigenvalue weighted by Crippen LogP contribution is -2.40. The van der Waals surface area contributed by atoms with Crippen LogP contribution >= 0.6 is 0 Å². The number of piperidine rings is 1. The molecule has 27 heavy (non-hydrogen) atoms. The van der Waals surface area contributed by atoms with E-state index in [1.54, 1.807) is 10.6 Å². The molecule has 8 heteroatoms. The number of aryl methyl sites for hydroxylation is 1. The maximum atomic E-state index is 13.1. The maximum Gasteiger partial charge on any atom is 0.272 e. The highest BCUT2D eigenvalue weighted by molar-refractivity contribution is 5.94. The first kappa shape index (κ1) is 17.6. The van der Waals surface area contributed by atoms with E-state index in [-0.39, 0.29) is 5.91 Å². The fourth-order valence-electron chi connectivity index (χ4n) is 3.74. The third-order valence-electron chi connectivity index (χ3n) is 5.08. The molecule has 1 saturated heterocycles. The Morgan fingerprint density at radius 3 is 2.81 bits per heavy atom. The molecule has 142 valence electrons. The Morgan fingerprint density at radius 1 is 1.30 bits per heavy atom. The van der Waals surface area contributed by atoms with E-state index in [0.717, 1.165) is 30.7 Å². The average molecular weight is 367 g/mol. The number of hydrogen-bond acceptors (Lipinski definition) is 5. The van der Waals surface area contributed by atoms with Crippen molar-refractivity contribution in [1.29, 1.82) is 0 Å². The number of imidazole rings is 1. The van der Waals surface area contributed by atoms with Crippen molar-refractivity contribution in [2.75, 3.05) is 13.1 Å². The van der Waals surface area contributed by atoms with Crippen molar-refractivity contribution in [3.8, 4) is 0 Å². The van der Waals surface area contributed by atoms with Crippen LogP contribution in [0.15, 0.2) is 24.7 Å². The SMILES string of the molecule is Cc1nc2ncccn2c1C(=O)N1CCC(n2cc(CC(C)C)nn2)CC1. The van der Waals surface area contributed by atoms with Gasteiger partial charge in [0, 0.05) is 31.7 Å². The zero-order chi connectivity index (χ0) is 19.0. The number of likely N-dealkylation sites (tertiary alicyclic amines) is 1. The molecule has 3 aromatic heterocycles. The highest BCUT2D eigenvalue weighted by Gasteiger charge is 2.28. The molecule has 4 heterocycles. The number of carbonyl (C=O) groups excluding carboxylic acids is 1. The van der Waals surface area contributed by atoms with Gasteiger partial charge in [-0.3, -0.25) is 9.20 Å². The summed E-state index contributed by atoms with van der Waals surface area (Å²) in [5.41, 5.74) is 2.37. The van der Waals surface area contributed by atoms with E-state index in [4.69, 9.17) is 0 Å². The van der Waals surface area contributed by atoms with Crippen molar-refractivity contribution in [2.45, 2.75) is 46.1 Å².